The van der Waals surface area contributed by atoms with E-state index in [1.54, 1.807) is 37.3 Å². The highest BCUT2D eigenvalue weighted by Gasteiger charge is 2.44. The van der Waals surface area contributed by atoms with Crippen LogP contribution in [0.1, 0.15) is 27.9 Å². The molecular formula is C25H23NO6. The molecule has 1 amide bonds. The van der Waals surface area contributed by atoms with Crippen LogP contribution in [0.3, 0.4) is 0 Å². The molecule has 0 fully saturated rings. The average Bonchev–Trinajstić information content (AvgIpc) is 3.34. The molecule has 0 radical (unpaired) electrons. The molecule has 0 aliphatic carbocycles. The molecule has 1 aliphatic heterocycles. The lowest BCUT2D eigenvalue weighted by Gasteiger charge is -2.26. The monoisotopic (exact) mass is 433 g/mol. The summed E-state index contributed by atoms with van der Waals surface area (Å²) >= 11 is 0. The molecule has 2 heterocycles. The highest BCUT2D eigenvalue weighted by Crippen LogP contribution is 2.40. The standard InChI is InChI=1S/C25H23NO6/c1-16-11-12-20(31-16)23(27)21-22(26(13-14-30-2)25(29)24(21)28)17-7-6-10-19(15-17)32-18-8-4-3-5-9-18/h3-12,15,22,28H,13-14H2,1-2H3. The second-order valence-electron chi connectivity index (χ2n) is 7.38. The number of aliphatic hydroxyl groups excluding tert-OH is 1. The predicted molar refractivity (Wildman–Crippen MR) is 117 cm³/mol. The zero-order valence-electron chi connectivity index (χ0n) is 17.8. The Morgan fingerprint density at radius 3 is 2.50 bits per heavy atom. The maximum atomic E-state index is 13.2. The van der Waals surface area contributed by atoms with Gasteiger partial charge in [0.05, 0.1) is 18.2 Å². The fourth-order valence-corrected chi connectivity index (χ4v) is 3.71. The number of nitrogens with zero attached hydrogens (tertiary/aromatic N) is 1. The van der Waals surface area contributed by atoms with E-state index >= 15 is 0 Å². The second kappa shape index (κ2) is 9.11. The van der Waals surface area contributed by atoms with Crippen LogP contribution in [0.25, 0.3) is 0 Å². The SMILES string of the molecule is COCCN1C(=O)C(O)=C(C(=O)c2ccc(C)o2)C1c1cccc(Oc2ccccc2)c1. The molecule has 164 valence electrons. The lowest BCUT2D eigenvalue weighted by atomic mass is 9.95. The number of hydrogen-bond acceptors (Lipinski definition) is 6. The second-order valence-corrected chi connectivity index (χ2v) is 7.38. The van der Waals surface area contributed by atoms with Gasteiger partial charge in [-0.05, 0) is 48.9 Å². The number of ether oxygens (including phenoxy) is 2. The first kappa shape index (κ1) is 21.4. The summed E-state index contributed by atoms with van der Waals surface area (Å²) in [5.74, 6) is 0.0656. The summed E-state index contributed by atoms with van der Waals surface area (Å²) in [5.41, 5.74) is 0.593. The number of benzene rings is 2. The van der Waals surface area contributed by atoms with Crippen molar-refractivity contribution in [2.24, 2.45) is 0 Å². The van der Waals surface area contributed by atoms with Gasteiger partial charge in [0.15, 0.2) is 11.5 Å². The van der Waals surface area contributed by atoms with Crippen molar-refractivity contribution in [1.82, 2.24) is 4.90 Å². The predicted octanol–water partition coefficient (Wildman–Crippen LogP) is 4.61. The van der Waals surface area contributed by atoms with Crippen molar-refractivity contribution in [3.63, 3.8) is 0 Å². The zero-order valence-corrected chi connectivity index (χ0v) is 17.8. The first-order chi connectivity index (χ1) is 15.5. The van der Waals surface area contributed by atoms with E-state index in [0.29, 0.717) is 22.8 Å². The number of carbonyl (C=O) groups is 2. The first-order valence-corrected chi connectivity index (χ1v) is 10.2. The third-order valence-corrected chi connectivity index (χ3v) is 5.20. The van der Waals surface area contributed by atoms with Crippen LogP contribution in [0.5, 0.6) is 11.5 Å². The molecule has 1 atom stereocenters. The van der Waals surface area contributed by atoms with Crippen molar-refractivity contribution >= 4 is 11.7 Å². The molecule has 3 aromatic rings. The minimum Gasteiger partial charge on any atom is -0.503 e. The van der Waals surface area contributed by atoms with Crippen molar-refractivity contribution in [3.8, 4) is 11.5 Å². The van der Waals surface area contributed by atoms with Crippen molar-refractivity contribution in [1.29, 1.82) is 0 Å². The molecular weight excluding hydrogens is 410 g/mol. The zero-order chi connectivity index (χ0) is 22.7. The van der Waals surface area contributed by atoms with E-state index in [1.807, 2.05) is 30.3 Å². The number of aryl methyl sites for hydroxylation is 1. The van der Waals surface area contributed by atoms with E-state index in [4.69, 9.17) is 13.9 Å². The van der Waals surface area contributed by atoms with E-state index in [9.17, 15) is 14.7 Å². The summed E-state index contributed by atoms with van der Waals surface area (Å²) in [4.78, 5) is 27.5. The van der Waals surface area contributed by atoms with E-state index in [1.165, 1.54) is 18.1 Å². The van der Waals surface area contributed by atoms with Gasteiger partial charge in [-0.15, -0.1) is 0 Å². The molecule has 0 spiro atoms. The van der Waals surface area contributed by atoms with Crippen LogP contribution in [-0.2, 0) is 9.53 Å². The van der Waals surface area contributed by atoms with E-state index in [-0.39, 0.29) is 24.5 Å². The van der Waals surface area contributed by atoms with Crippen molar-refractivity contribution in [3.05, 3.63) is 95.1 Å². The summed E-state index contributed by atoms with van der Waals surface area (Å²) in [6.45, 7) is 2.16. The first-order valence-electron chi connectivity index (χ1n) is 10.2. The number of aliphatic hydroxyl groups is 1. The Bertz CT molecular complexity index is 1160. The van der Waals surface area contributed by atoms with Gasteiger partial charge in [0.1, 0.15) is 17.3 Å². The third kappa shape index (κ3) is 4.15. The van der Waals surface area contributed by atoms with Gasteiger partial charge in [-0.25, -0.2) is 0 Å². The van der Waals surface area contributed by atoms with Crippen molar-refractivity contribution in [2.75, 3.05) is 20.3 Å². The number of amides is 1. The summed E-state index contributed by atoms with van der Waals surface area (Å²) in [6, 6.07) is 18.8. The molecule has 0 saturated heterocycles. The summed E-state index contributed by atoms with van der Waals surface area (Å²) in [6.07, 6.45) is 0. The van der Waals surface area contributed by atoms with Crippen LogP contribution in [0, 0.1) is 6.92 Å². The molecule has 1 unspecified atom stereocenters. The maximum Gasteiger partial charge on any atom is 0.290 e. The Hall–Kier alpha value is -3.84. The van der Waals surface area contributed by atoms with Gasteiger partial charge in [0.2, 0.25) is 5.78 Å². The van der Waals surface area contributed by atoms with Crippen LogP contribution in [0.15, 0.2) is 82.5 Å². The molecule has 32 heavy (non-hydrogen) atoms. The Balaban J connectivity index is 1.74. The smallest absolute Gasteiger partial charge is 0.290 e. The molecule has 1 N–H and O–H groups in total. The Kier molecular flexibility index (Phi) is 6.09. The van der Waals surface area contributed by atoms with Gasteiger partial charge in [-0.3, -0.25) is 9.59 Å². The number of ketones is 1. The fraction of sp³-hybridized carbons (Fsp3) is 0.200. The Morgan fingerprint density at radius 1 is 1.06 bits per heavy atom. The van der Waals surface area contributed by atoms with Gasteiger partial charge in [-0.2, -0.15) is 0 Å². The van der Waals surface area contributed by atoms with Gasteiger partial charge in [0, 0.05) is 13.7 Å². The maximum absolute atomic E-state index is 13.2. The number of methoxy groups -OCH3 is 1. The van der Waals surface area contributed by atoms with Crippen LogP contribution < -0.4 is 4.74 Å². The number of Topliss-reactive ketones (excluding diaryl/α,β-unsaturated/α-hetero) is 1. The molecule has 7 heteroatoms. The Labute approximate surface area is 185 Å². The summed E-state index contributed by atoms with van der Waals surface area (Å²) in [5, 5.41) is 10.7. The molecule has 0 bridgehead atoms. The minimum absolute atomic E-state index is 0.0303. The van der Waals surface area contributed by atoms with Gasteiger partial charge >= 0.3 is 0 Å². The molecule has 0 saturated carbocycles. The van der Waals surface area contributed by atoms with Crippen LogP contribution >= 0.6 is 0 Å². The Morgan fingerprint density at radius 2 is 1.81 bits per heavy atom. The van der Waals surface area contributed by atoms with E-state index in [0.717, 1.165) is 0 Å². The molecule has 1 aromatic heterocycles. The van der Waals surface area contributed by atoms with Crippen molar-refractivity contribution in [2.45, 2.75) is 13.0 Å². The van der Waals surface area contributed by atoms with Gasteiger partial charge < -0.3 is 23.9 Å². The molecule has 7 nitrogen and oxygen atoms in total. The van der Waals surface area contributed by atoms with Crippen LogP contribution in [0.4, 0.5) is 0 Å². The van der Waals surface area contributed by atoms with Crippen LogP contribution in [0.2, 0.25) is 0 Å². The van der Waals surface area contributed by atoms with Gasteiger partial charge in [0.25, 0.3) is 5.91 Å². The van der Waals surface area contributed by atoms with Crippen molar-refractivity contribution < 1.29 is 28.6 Å². The number of rotatable bonds is 8. The number of hydrogen-bond donors (Lipinski definition) is 1. The molecule has 4 rings (SSSR count). The topological polar surface area (TPSA) is 89.2 Å². The lowest BCUT2D eigenvalue weighted by Crippen LogP contribution is -2.34. The largest absolute Gasteiger partial charge is 0.503 e. The number of carbonyl (C=O) groups excluding carboxylic acids is 2. The third-order valence-electron chi connectivity index (χ3n) is 5.20. The fourth-order valence-electron chi connectivity index (χ4n) is 3.71. The minimum atomic E-state index is -0.810. The quantitative estimate of drug-likeness (QED) is 0.522. The highest BCUT2D eigenvalue weighted by molar-refractivity contribution is 6.15. The molecule has 2 aromatic carbocycles. The number of furan rings is 1. The normalized spacial score (nSPS) is 16.0. The molecule has 1 aliphatic rings. The summed E-state index contributed by atoms with van der Waals surface area (Å²) in [7, 11) is 1.52. The lowest BCUT2D eigenvalue weighted by molar-refractivity contribution is -0.130. The highest BCUT2D eigenvalue weighted by atomic mass is 16.5. The average molecular weight is 433 g/mol. The van der Waals surface area contributed by atoms with Crippen LogP contribution in [-0.4, -0.2) is 42.0 Å². The van der Waals surface area contributed by atoms with Gasteiger partial charge in [-0.1, -0.05) is 30.3 Å². The van der Waals surface area contributed by atoms with E-state index < -0.39 is 23.5 Å². The number of para-hydroxylation sites is 1. The van der Waals surface area contributed by atoms with E-state index in [2.05, 4.69) is 0 Å². The summed E-state index contributed by atoms with van der Waals surface area (Å²) < 4.78 is 16.5.